The first-order valence-electron chi connectivity index (χ1n) is 8.71. The number of hydrazine groups is 2. The summed E-state index contributed by atoms with van der Waals surface area (Å²) in [5, 5.41) is 12.2. The molecule has 3 rings (SSSR count). The van der Waals surface area contributed by atoms with Crippen LogP contribution < -0.4 is 26.4 Å². The van der Waals surface area contributed by atoms with Gasteiger partial charge >= 0.3 is 12.8 Å². The molecule has 0 saturated carbocycles. The summed E-state index contributed by atoms with van der Waals surface area (Å²) in [5.41, 5.74) is 2.14. The second-order valence-corrected chi connectivity index (χ2v) is 6.72. The lowest BCUT2D eigenvalue weighted by atomic mass is 10.1. The van der Waals surface area contributed by atoms with E-state index in [4.69, 9.17) is 11.6 Å². The minimum Gasteiger partial charge on any atom is -0.433 e. The Labute approximate surface area is 186 Å². The molecule has 1 aliphatic rings. The van der Waals surface area contributed by atoms with Gasteiger partial charge in [0.05, 0.1) is 10.6 Å². The predicted octanol–water partition coefficient (Wildman–Crippen LogP) is 1.90. The number of hydrogen-bond acceptors (Lipinski definition) is 8. The molecule has 17 heteroatoms. The number of hydrazone groups is 1. The van der Waals surface area contributed by atoms with E-state index in [1.165, 1.54) is 12.1 Å². The number of rotatable bonds is 5. The summed E-state index contributed by atoms with van der Waals surface area (Å²) in [7, 11) is 2.59. The third kappa shape index (κ3) is 5.23. The molecule has 11 nitrogen and oxygen atoms in total. The van der Waals surface area contributed by atoms with Gasteiger partial charge < -0.3 is 10.1 Å². The normalized spacial score (nSPS) is 13.6. The smallest absolute Gasteiger partial charge is 0.433 e. The number of alkyl halides is 5. The highest BCUT2D eigenvalue weighted by molar-refractivity contribution is 6.37. The summed E-state index contributed by atoms with van der Waals surface area (Å²) in [6, 6.07) is 2.44. The molecule has 0 saturated heterocycles. The van der Waals surface area contributed by atoms with E-state index < -0.39 is 52.4 Å². The van der Waals surface area contributed by atoms with E-state index >= 15 is 0 Å². The second-order valence-electron chi connectivity index (χ2n) is 6.34. The number of nitrogens with one attached hydrogen (secondary N) is 4. The molecule has 1 aliphatic heterocycles. The van der Waals surface area contributed by atoms with Crippen LogP contribution in [0.1, 0.15) is 26.5 Å². The zero-order valence-corrected chi connectivity index (χ0v) is 17.3. The maximum atomic E-state index is 12.9. The average molecular weight is 497 g/mol. The number of ether oxygens (including phenoxy) is 1. The number of carbonyl (C=O) groups is 2. The van der Waals surface area contributed by atoms with E-state index in [9.17, 15) is 31.5 Å². The Balaban J connectivity index is 1.95. The van der Waals surface area contributed by atoms with Crippen molar-refractivity contribution in [1.82, 2.24) is 31.2 Å². The molecule has 2 aromatic rings. The summed E-state index contributed by atoms with van der Waals surface area (Å²) in [4.78, 5) is 25.2. The quantitative estimate of drug-likeness (QED) is 0.466. The number of halogens is 6. The fourth-order valence-corrected chi connectivity index (χ4v) is 2.89. The maximum absolute atomic E-state index is 12.9. The van der Waals surface area contributed by atoms with Gasteiger partial charge in [0, 0.05) is 20.2 Å². The first kappa shape index (κ1) is 24.0. The Bertz CT molecular complexity index is 1120. The monoisotopic (exact) mass is 496 g/mol. The average Bonchev–Trinajstić information content (AvgIpc) is 3.29. The lowest BCUT2D eigenvalue weighted by Crippen LogP contribution is -2.45. The van der Waals surface area contributed by atoms with Gasteiger partial charge in [0.15, 0.2) is 11.4 Å². The first-order chi connectivity index (χ1) is 15.4. The predicted molar refractivity (Wildman–Crippen MR) is 103 cm³/mol. The molecule has 0 spiro atoms. The van der Waals surface area contributed by atoms with Crippen molar-refractivity contribution in [2.75, 3.05) is 12.4 Å². The van der Waals surface area contributed by atoms with Crippen LogP contribution in [0, 0.1) is 0 Å². The van der Waals surface area contributed by atoms with E-state index in [0.717, 1.165) is 19.2 Å². The fourth-order valence-electron chi connectivity index (χ4n) is 2.60. The third-order valence-electron chi connectivity index (χ3n) is 4.13. The van der Waals surface area contributed by atoms with E-state index in [0.29, 0.717) is 10.7 Å². The zero-order chi connectivity index (χ0) is 24.5. The number of guanidine groups is 1. The van der Waals surface area contributed by atoms with E-state index in [2.05, 4.69) is 36.6 Å². The van der Waals surface area contributed by atoms with E-state index in [-0.39, 0.29) is 11.5 Å². The second kappa shape index (κ2) is 9.07. The molecule has 1 aromatic carbocycles. The Morgan fingerprint density at radius 3 is 2.42 bits per heavy atom. The molecule has 0 aliphatic carbocycles. The molecule has 0 radical (unpaired) electrons. The Morgan fingerprint density at radius 2 is 1.88 bits per heavy atom. The molecular formula is C16H14ClF5N8O3. The number of carbonyl (C=O) groups excluding carboxylic acids is 2. The number of amides is 2. The van der Waals surface area contributed by atoms with Gasteiger partial charge in [-0.2, -0.15) is 27.1 Å². The van der Waals surface area contributed by atoms with Gasteiger partial charge in [-0.3, -0.25) is 24.6 Å². The maximum Gasteiger partial charge on any atom is 0.435 e. The van der Waals surface area contributed by atoms with Crippen LogP contribution in [-0.4, -0.2) is 46.2 Å². The molecule has 178 valence electrons. The Morgan fingerprint density at radius 1 is 1.18 bits per heavy atom. The minimum absolute atomic E-state index is 0.0316. The molecule has 2 amide bonds. The van der Waals surface area contributed by atoms with Crippen molar-refractivity contribution in [2.24, 2.45) is 12.1 Å². The van der Waals surface area contributed by atoms with Crippen LogP contribution in [0.4, 0.5) is 27.6 Å². The fraction of sp³-hybridized carbons (Fsp3) is 0.250. The van der Waals surface area contributed by atoms with Crippen molar-refractivity contribution >= 4 is 35.1 Å². The topological polar surface area (TPSA) is 125 Å². The Kier molecular flexibility index (Phi) is 6.59. The SMILES string of the molecule is CN1NNN=C1NC(=O)c1ccc(OC(F)F)c(NC(=O)c2cc(C(F)(F)F)nn2C)c1Cl. The van der Waals surface area contributed by atoms with Crippen LogP contribution in [0.3, 0.4) is 0 Å². The van der Waals surface area contributed by atoms with Gasteiger partial charge in [0.2, 0.25) is 5.96 Å². The molecule has 1 aromatic heterocycles. The minimum atomic E-state index is -4.82. The molecule has 0 atom stereocenters. The molecule has 2 heterocycles. The molecule has 0 bridgehead atoms. The van der Waals surface area contributed by atoms with Crippen molar-refractivity contribution in [3.8, 4) is 5.75 Å². The molecular weight excluding hydrogens is 483 g/mol. The summed E-state index contributed by atoms with van der Waals surface area (Å²) < 4.78 is 69.3. The van der Waals surface area contributed by atoms with Gasteiger partial charge in [0.1, 0.15) is 11.4 Å². The molecule has 0 unspecified atom stereocenters. The number of aryl methyl sites for hydroxylation is 1. The summed E-state index contributed by atoms with van der Waals surface area (Å²) in [5.74, 6) is -2.61. The van der Waals surface area contributed by atoms with Crippen molar-refractivity contribution < 1.29 is 36.3 Å². The highest BCUT2D eigenvalue weighted by Gasteiger charge is 2.35. The number of aromatic nitrogens is 2. The number of nitrogens with zero attached hydrogens (tertiary/aromatic N) is 4. The van der Waals surface area contributed by atoms with Gasteiger partial charge in [-0.1, -0.05) is 11.6 Å². The van der Waals surface area contributed by atoms with Crippen LogP contribution in [0.15, 0.2) is 23.3 Å². The largest absolute Gasteiger partial charge is 0.435 e. The van der Waals surface area contributed by atoms with Crippen LogP contribution in [-0.2, 0) is 13.2 Å². The summed E-state index contributed by atoms with van der Waals surface area (Å²) in [6.07, 6.45) is -4.82. The third-order valence-corrected chi connectivity index (χ3v) is 4.52. The molecule has 4 N–H and O–H groups in total. The highest BCUT2D eigenvalue weighted by Crippen LogP contribution is 2.37. The molecule has 33 heavy (non-hydrogen) atoms. The van der Waals surface area contributed by atoms with Gasteiger partial charge in [-0.15, -0.1) is 10.6 Å². The lowest BCUT2D eigenvalue weighted by Gasteiger charge is -2.17. The molecule has 0 fully saturated rings. The Hall–Kier alpha value is -3.66. The van der Waals surface area contributed by atoms with Crippen LogP contribution in [0.5, 0.6) is 5.75 Å². The van der Waals surface area contributed by atoms with Crippen molar-refractivity contribution in [2.45, 2.75) is 12.8 Å². The van der Waals surface area contributed by atoms with Crippen LogP contribution in [0.2, 0.25) is 5.02 Å². The van der Waals surface area contributed by atoms with E-state index in [1.54, 1.807) is 0 Å². The van der Waals surface area contributed by atoms with Crippen LogP contribution >= 0.6 is 11.6 Å². The van der Waals surface area contributed by atoms with Gasteiger partial charge in [-0.05, 0) is 12.1 Å². The summed E-state index contributed by atoms with van der Waals surface area (Å²) in [6.45, 7) is -3.33. The highest BCUT2D eigenvalue weighted by atomic mass is 35.5. The standard InChI is InChI=1S/C16H14ClF5N8O3/c1-29-7(5-9(26-29)16(20,21)22)13(32)23-11-8(33-14(18)19)4-3-6(10(11)17)12(31)24-15-25-27-28-30(15)2/h3-5,14,27-28H,1-2H3,(H,23,32)(H,24,25,31). The van der Waals surface area contributed by atoms with Crippen LogP contribution in [0.25, 0.3) is 0 Å². The zero-order valence-electron chi connectivity index (χ0n) is 16.6. The van der Waals surface area contributed by atoms with Crippen molar-refractivity contribution in [3.63, 3.8) is 0 Å². The number of benzene rings is 1. The summed E-state index contributed by atoms with van der Waals surface area (Å²) >= 11 is 6.18. The first-order valence-corrected chi connectivity index (χ1v) is 9.09. The number of anilines is 1. The van der Waals surface area contributed by atoms with Gasteiger partial charge in [-0.25, -0.2) is 5.53 Å². The number of hydrogen-bond donors (Lipinski definition) is 4. The lowest BCUT2D eigenvalue weighted by molar-refractivity contribution is -0.141. The van der Waals surface area contributed by atoms with E-state index in [1.807, 2.05) is 0 Å². The van der Waals surface area contributed by atoms with Gasteiger partial charge in [0.25, 0.3) is 11.8 Å². The van der Waals surface area contributed by atoms with Crippen molar-refractivity contribution in [1.29, 1.82) is 0 Å². The van der Waals surface area contributed by atoms with Crippen molar-refractivity contribution in [3.05, 3.63) is 40.2 Å².